The number of rotatable bonds is 9. The molecule has 0 aromatic heterocycles. The SMILES string of the molecule is O=C(/C=C/c1ccc(O)cc1)CC(=O)/C=C/c1ccc(N2CCC(Cc3ccccc3)CC2)cc1Br. The standard InChI is InChI=1S/C31H30BrNO3/c32-31-21-27(33-18-16-25(17-19-33)20-24-4-2-1-3-5-24)11-9-26(31)10-15-30(36)22-29(35)14-8-23-6-12-28(34)13-7-23/h1-15,21,25,34H,16-20,22H2/b14-8+,15-10+. The van der Waals surface area contributed by atoms with E-state index in [9.17, 15) is 14.7 Å². The summed E-state index contributed by atoms with van der Waals surface area (Å²) in [6.45, 7) is 2.08. The number of ketones is 2. The van der Waals surface area contributed by atoms with Crippen molar-refractivity contribution in [2.45, 2.75) is 25.7 Å². The van der Waals surface area contributed by atoms with Gasteiger partial charge < -0.3 is 10.0 Å². The minimum absolute atomic E-state index is 0.168. The van der Waals surface area contributed by atoms with Gasteiger partial charge >= 0.3 is 0 Å². The Bertz CT molecular complexity index is 1240. The number of nitrogens with zero attached hydrogens (tertiary/aromatic N) is 1. The quantitative estimate of drug-likeness (QED) is 0.236. The van der Waals surface area contributed by atoms with E-state index in [1.807, 2.05) is 6.07 Å². The van der Waals surface area contributed by atoms with Gasteiger partial charge in [-0.1, -0.05) is 76.6 Å². The third kappa shape index (κ3) is 7.53. The zero-order valence-electron chi connectivity index (χ0n) is 20.1. The van der Waals surface area contributed by atoms with Gasteiger partial charge in [0.1, 0.15) is 5.75 Å². The number of anilines is 1. The van der Waals surface area contributed by atoms with Crippen LogP contribution in [0.5, 0.6) is 5.75 Å². The molecule has 3 aromatic rings. The molecule has 4 nitrogen and oxygen atoms in total. The van der Waals surface area contributed by atoms with Crippen LogP contribution in [0.1, 0.15) is 36.0 Å². The molecule has 184 valence electrons. The predicted octanol–water partition coefficient (Wildman–Crippen LogP) is 6.87. The monoisotopic (exact) mass is 543 g/mol. The van der Waals surface area contributed by atoms with Gasteiger partial charge in [0.2, 0.25) is 0 Å². The summed E-state index contributed by atoms with van der Waals surface area (Å²) in [5.74, 6) is 0.384. The smallest absolute Gasteiger partial charge is 0.163 e. The van der Waals surface area contributed by atoms with Gasteiger partial charge in [0.05, 0.1) is 6.42 Å². The van der Waals surface area contributed by atoms with Crippen LogP contribution in [0, 0.1) is 5.92 Å². The molecule has 0 saturated carbocycles. The van der Waals surface area contributed by atoms with Crippen LogP contribution >= 0.6 is 15.9 Å². The Hall–Kier alpha value is -3.44. The van der Waals surface area contributed by atoms with Crippen LogP contribution in [0.25, 0.3) is 12.2 Å². The Morgan fingerprint density at radius 2 is 1.56 bits per heavy atom. The van der Waals surface area contributed by atoms with Crippen LogP contribution in [0.2, 0.25) is 0 Å². The molecule has 1 N–H and O–H groups in total. The van der Waals surface area contributed by atoms with Crippen molar-refractivity contribution in [3.63, 3.8) is 0 Å². The highest BCUT2D eigenvalue weighted by atomic mass is 79.9. The summed E-state index contributed by atoms with van der Waals surface area (Å²) < 4.78 is 0.925. The van der Waals surface area contributed by atoms with Crippen molar-refractivity contribution in [1.82, 2.24) is 0 Å². The van der Waals surface area contributed by atoms with Gasteiger partial charge in [-0.3, -0.25) is 9.59 Å². The number of carbonyl (C=O) groups is 2. The van der Waals surface area contributed by atoms with E-state index < -0.39 is 0 Å². The molecule has 3 aromatic carbocycles. The summed E-state index contributed by atoms with van der Waals surface area (Å²) in [6.07, 6.45) is 9.56. The van der Waals surface area contributed by atoms with Crippen molar-refractivity contribution in [3.05, 3.63) is 106 Å². The average molecular weight is 544 g/mol. The molecule has 36 heavy (non-hydrogen) atoms. The van der Waals surface area contributed by atoms with Crippen LogP contribution in [0.4, 0.5) is 5.69 Å². The third-order valence-electron chi connectivity index (χ3n) is 6.48. The molecule has 1 fully saturated rings. The molecule has 4 rings (SSSR count). The first-order valence-electron chi connectivity index (χ1n) is 12.3. The molecule has 1 saturated heterocycles. The van der Waals surface area contributed by atoms with Crippen LogP contribution in [-0.4, -0.2) is 29.8 Å². The zero-order chi connectivity index (χ0) is 25.3. The third-order valence-corrected chi connectivity index (χ3v) is 7.17. The Morgan fingerprint density at radius 3 is 2.22 bits per heavy atom. The van der Waals surface area contributed by atoms with Gasteiger partial charge in [0.15, 0.2) is 11.6 Å². The highest BCUT2D eigenvalue weighted by Gasteiger charge is 2.20. The number of hydrogen-bond donors (Lipinski definition) is 1. The number of phenols is 1. The van der Waals surface area contributed by atoms with Crippen molar-refractivity contribution in [2.24, 2.45) is 5.92 Å². The van der Waals surface area contributed by atoms with Gasteiger partial charge in [0, 0.05) is 23.2 Å². The van der Waals surface area contributed by atoms with Crippen LogP contribution in [0.15, 0.2) is 89.4 Å². The molecule has 1 heterocycles. The average Bonchev–Trinajstić information content (AvgIpc) is 2.89. The van der Waals surface area contributed by atoms with Crippen molar-refractivity contribution in [2.75, 3.05) is 18.0 Å². The second-order valence-corrected chi connectivity index (χ2v) is 10.0. The second kappa shape index (κ2) is 12.5. The molecule has 1 aliphatic rings. The summed E-state index contributed by atoms with van der Waals surface area (Å²) in [5.41, 5.74) is 4.28. The number of hydrogen-bond acceptors (Lipinski definition) is 4. The van der Waals surface area contributed by atoms with E-state index in [2.05, 4.69) is 63.3 Å². The number of aromatic hydroxyl groups is 1. The lowest BCUT2D eigenvalue weighted by molar-refractivity contribution is -0.121. The molecule has 0 radical (unpaired) electrons. The fraction of sp³-hybridized carbons (Fsp3) is 0.226. The number of benzene rings is 3. The van der Waals surface area contributed by atoms with E-state index >= 15 is 0 Å². The van der Waals surface area contributed by atoms with E-state index in [4.69, 9.17) is 0 Å². The highest BCUT2D eigenvalue weighted by Crippen LogP contribution is 2.29. The van der Waals surface area contributed by atoms with E-state index in [0.29, 0.717) is 0 Å². The molecular weight excluding hydrogens is 514 g/mol. The lowest BCUT2D eigenvalue weighted by Crippen LogP contribution is -2.34. The molecule has 0 amide bonds. The first-order valence-corrected chi connectivity index (χ1v) is 13.0. The lowest BCUT2D eigenvalue weighted by atomic mass is 9.90. The Balaban J connectivity index is 1.27. The van der Waals surface area contributed by atoms with Crippen molar-refractivity contribution >= 4 is 45.3 Å². The second-order valence-electron chi connectivity index (χ2n) is 9.19. The largest absolute Gasteiger partial charge is 0.508 e. The molecule has 5 heteroatoms. The summed E-state index contributed by atoms with van der Waals surface area (Å²) in [6, 6.07) is 23.4. The first kappa shape index (κ1) is 25.6. The van der Waals surface area contributed by atoms with Crippen LogP contribution < -0.4 is 4.90 Å². The van der Waals surface area contributed by atoms with Crippen molar-refractivity contribution in [1.29, 1.82) is 0 Å². The number of phenolic OH excluding ortho intramolecular Hbond substituents is 1. The molecule has 1 aliphatic heterocycles. The summed E-state index contributed by atoms with van der Waals surface area (Å²) in [7, 11) is 0. The molecule has 0 atom stereocenters. The number of carbonyl (C=O) groups excluding carboxylic acids is 2. The topological polar surface area (TPSA) is 57.6 Å². The maximum absolute atomic E-state index is 12.3. The number of halogens is 1. The minimum atomic E-state index is -0.261. The maximum Gasteiger partial charge on any atom is 0.163 e. The van der Waals surface area contributed by atoms with Gasteiger partial charge in [-0.15, -0.1) is 0 Å². The van der Waals surface area contributed by atoms with Crippen LogP contribution in [0.3, 0.4) is 0 Å². The maximum atomic E-state index is 12.3. The fourth-order valence-electron chi connectivity index (χ4n) is 4.44. The van der Waals surface area contributed by atoms with E-state index in [-0.39, 0.29) is 23.7 Å². The summed E-state index contributed by atoms with van der Waals surface area (Å²) >= 11 is 3.64. The Kier molecular flexibility index (Phi) is 8.90. The van der Waals surface area contributed by atoms with Crippen LogP contribution in [-0.2, 0) is 16.0 Å². The van der Waals surface area contributed by atoms with Gasteiger partial charge in [-0.2, -0.15) is 0 Å². The Labute approximate surface area is 221 Å². The number of allylic oxidation sites excluding steroid dienone is 2. The molecule has 0 aliphatic carbocycles. The number of piperidine rings is 1. The lowest BCUT2D eigenvalue weighted by Gasteiger charge is -2.34. The van der Waals surface area contributed by atoms with E-state index in [1.165, 1.54) is 36.2 Å². The Morgan fingerprint density at radius 1 is 0.889 bits per heavy atom. The van der Waals surface area contributed by atoms with E-state index in [0.717, 1.165) is 41.0 Å². The first-order chi connectivity index (χ1) is 17.5. The normalized spacial score (nSPS) is 14.5. The molecule has 0 unspecified atom stereocenters. The zero-order valence-corrected chi connectivity index (χ0v) is 21.7. The van der Waals surface area contributed by atoms with Gasteiger partial charge in [0.25, 0.3) is 0 Å². The fourth-order valence-corrected chi connectivity index (χ4v) is 4.94. The van der Waals surface area contributed by atoms with Gasteiger partial charge in [-0.05, 0) is 78.3 Å². The van der Waals surface area contributed by atoms with Gasteiger partial charge in [-0.25, -0.2) is 0 Å². The minimum Gasteiger partial charge on any atom is -0.508 e. The molecule has 0 spiro atoms. The molecular formula is C31H30BrNO3. The highest BCUT2D eigenvalue weighted by molar-refractivity contribution is 9.10. The predicted molar refractivity (Wildman–Crippen MR) is 150 cm³/mol. The van der Waals surface area contributed by atoms with E-state index in [1.54, 1.807) is 36.4 Å². The van der Waals surface area contributed by atoms with Crippen molar-refractivity contribution < 1.29 is 14.7 Å². The summed E-state index contributed by atoms with van der Waals surface area (Å²) in [4.78, 5) is 26.8. The molecule has 0 bridgehead atoms. The summed E-state index contributed by atoms with van der Waals surface area (Å²) in [5, 5.41) is 9.31. The van der Waals surface area contributed by atoms with Crippen molar-refractivity contribution in [3.8, 4) is 5.75 Å².